The normalized spacial score (nSPS) is 26.1. The summed E-state index contributed by atoms with van der Waals surface area (Å²) < 4.78 is 0. The summed E-state index contributed by atoms with van der Waals surface area (Å²) >= 11 is 0. The van der Waals surface area contributed by atoms with Gasteiger partial charge in [0.2, 0.25) is 5.91 Å². The van der Waals surface area contributed by atoms with E-state index in [2.05, 4.69) is 39.3 Å². The van der Waals surface area contributed by atoms with E-state index in [0.717, 1.165) is 44.9 Å². The lowest BCUT2D eigenvalue weighted by Crippen LogP contribution is -2.51. The molecule has 1 aliphatic carbocycles. The molecule has 1 amide bonds. The fraction of sp³-hybridized carbons (Fsp3) is 0.905. The summed E-state index contributed by atoms with van der Waals surface area (Å²) in [6.45, 7) is 9.68. The zero-order valence-corrected chi connectivity index (χ0v) is 17.5. The number of hydrogen-bond donors (Lipinski definition) is 2. The van der Waals surface area contributed by atoms with E-state index in [4.69, 9.17) is 0 Å². The number of carbonyl (C=O) groups excluding carboxylic acids is 1. The van der Waals surface area contributed by atoms with Crippen molar-refractivity contribution in [2.45, 2.75) is 70.9 Å². The average molecular weight is 378 g/mol. The van der Waals surface area contributed by atoms with E-state index in [1.165, 1.54) is 38.8 Å². The van der Waals surface area contributed by atoms with Gasteiger partial charge in [0.1, 0.15) is 0 Å². The van der Waals surface area contributed by atoms with Crippen molar-refractivity contribution >= 4 is 11.9 Å². The quantitative estimate of drug-likeness (QED) is 0.549. The van der Waals surface area contributed by atoms with Crippen LogP contribution in [0, 0.1) is 11.8 Å². The van der Waals surface area contributed by atoms with Gasteiger partial charge in [-0.15, -0.1) is 0 Å². The van der Waals surface area contributed by atoms with Crippen LogP contribution in [0.25, 0.3) is 0 Å². The van der Waals surface area contributed by atoms with E-state index in [1.807, 2.05) is 7.05 Å². The van der Waals surface area contributed by atoms with Crippen LogP contribution in [0.15, 0.2) is 4.99 Å². The number of rotatable bonds is 6. The molecule has 6 nitrogen and oxygen atoms in total. The molecule has 27 heavy (non-hydrogen) atoms. The molecule has 0 radical (unpaired) electrons. The molecule has 2 N–H and O–H groups in total. The molecule has 2 atom stereocenters. The molecule has 3 aliphatic rings. The third-order valence-electron chi connectivity index (χ3n) is 6.63. The lowest BCUT2D eigenvalue weighted by Gasteiger charge is -2.31. The van der Waals surface area contributed by atoms with Gasteiger partial charge >= 0.3 is 0 Å². The van der Waals surface area contributed by atoms with Crippen LogP contribution in [0.1, 0.15) is 58.8 Å². The van der Waals surface area contributed by atoms with Gasteiger partial charge in [-0.05, 0) is 51.1 Å². The fourth-order valence-electron chi connectivity index (χ4n) is 4.96. The Bertz CT molecular complexity index is 509. The number of guanidine groups is 1. The topological polar surface area (TPSA) is 60.0 Å². The van der Waals surface area contributed by atoms with Crippen molar-refractivity contribution in [2.75, 3.05) is 39.8 Å². The van der Waals surface area contributed by atoms with Crippen molar-refractivity contribution in [3.8, 4) is 0 Å². The molecule has 2 unspecified atom stereocenters. The molecule has 0 bridgehead atoms. The third kappa shape index (κ3) is 5.37. The van der Waals surface area contributed by atoms with E-state index >= 15 is 0 Å². The van der Waals surface area contributed by atoms with Crippen LogP contribution in [0.4, 0.5) is 0 Å². The molecule has 2 aliphatic heterocycles. The van der Waals surface area contributed by atoms with Gasteiger partial charge in [0.15, 0.2) is 5.96 Å². The van der Waals surface area contributed by atoms with E-state index < -0.39 is 0 Å². The Hall–Kier alpha value is -1.30. The van der Waals surface area contributed by atoms with Crippen molar-refractivity contribution in [3.63, 3.8) is 0 Å². The maximum Gasteiger partial charge on any atom is 0.225 e. The fourth-order valence-corrected chi connectivity index (χ4v) is 4.96. The average Bonchev–Trinajstić information content (AvgIpc) is 3.41. The van der Waals surface area contributed by atoms with Crippen LogP contribution in [0.2, 0.25) is 0 Å². The number of aliphatic imine (C=N–C) groups is 1. The van der Waals surface area contributed by atoms with E-state index in [1.54, 1.807) is 0 Å². The Morgan fingerprint density at radius 2 is 1.78 bits per heavy atom. The van der Waals surface area contributed by atoms with Crippen molar-refractivity contribution in [1.82, 2.24) is 20.4 Å². The minimum Gasteiger partial charge on any atom is -0.355 e. The van der Waals surface area contributed by atoms with Crippen LogP contribution in [0.3, 0.4) is 0 Å². The first kappa shape index (κ1) is 20.4. The maximum atomic E-state index is 12.6. The molecule has 0 spiro atoms. The first-order valence-corrected chi connectivity index (χ1v) is 11.1. The molecule has 6 heteroatoms. The minimum atomic E-state index is 0.286. The van der Waals surface area contributed by atoms with Gasteiger partial charge in [0, 0.05) is 44.7 Å². The Morgan fingerprint density at radius 1 is 1.07 bits per heavy atom. The van der Waals surface area contributed by atoms with Gasteiger partial charge in [-0.1, -0.05) is 26.7 Å². The van der Waals surface area contributed by atoms with Crippen LogP contribution >= 0.6 is 0 Å². The summed E-state index contributed by atoms with van der Waals surface area (Å²) in [6, 6.07) is 0.862. The predicted molar refractivity (Wildman–Crippen MR) is 111 cm³/mol. The molecule has 3 fully saturated rings. The SMILES string of the molecule is CN=C(NCC(C(C)C)N1CCCC1)NC1CCN(C(=O)C2CCCC2)C1. The van der Waals surface area contributed by atoms with Gasteiger partial charge in [-0.25, -0.2) is 0 Å². The summed E-state index contributed by atoms with van der Waals surface area (Å²) in [6.07, 6.45) is 8.27. The largest absolute Gasteiger partial charge is 0.355 e. The second-order valence-corrected chi connectivity index (χ2v) is 8.90. The number of hydrogen-bond acceptors (Lipinski definition) is 3. The number of amides is 1. The highest BCUT2D eigenvalue weighted by Crippen LogP contribution is 2.27. The number of nitrogens with zero attached hydrogens (tertiary/aromatic N) is 3. The Morgan fingerprint density at radius 3 is 2.41 bits per heavy atom. The number of carbonyl (C=O) groups is 1. The van der Waals surface area contributed by atoms with Gasteiger partial charge in [0.05, 0.1) is 0 Å². The summed E-state index contributed by atoms with van der Waals surface area (Å²) in [4.78, 5) is 21.7. The van der Waals surface area contributed by atoms with Crippen molar-refractivity contribution in [2.24, 2.45) is 16.8 Å². The third-order valence-corrected chi connectivity index (χ3v) is 6.63. The Labute approximate surface area is 165 Å². The number of nitrogens with one attached hydrogen (secondary N) is 2. The van der Waals surface area contributed by atoms with E-state index in [9.17, 15) is 4.79 Å². The number of likely N-dealkylation sites (tertiary alicyclic amines) is 2. The second kappa shape index (κ2) is 9.76. The summed E-state index contributed by atoms with van der Waals surface area (Å²) in [5.41, 5.74) is 0. The van der Waals surface area contributed by atoms with Gasteiger partial charge < -0.3 is 15.5 Å². The molecule has 2 saturated heterocycles. The van der Waals surface area contributed by atoms with Crippen molar-refractivity contribution in [3.05, 3.63) is 0 Å². The highest BCUT2D eigenvalue weighted by atomic mass is 16.2. The van der Waals surface area contributed by atoms with Gasteiger partial charge in [-0.3, -0.25) is 14.7 Å². The molecule has 154 valence electrons. The summed E-state index contributed by atoms with van der Waals surface area (Å²) in [5, 5.41) is 7.10. The van der Waals surface area contributed by atoms with Gasteiger partial charge in [0.25, 0.3) is 0 Å². The molecule has 0 aromatic carbocycles. The Kier molecular flexibility index (Phi) is 7.39. The smallest absolute Gasteiger partial charge is 0.225 e. The zero-order valence-electron chi connectivity index (χ0n) is 17.5. The predicted octanol–water partition coefficient (Wildman–Crippen LogP) is 2.06. The molecule has 0 aromatic rings. The first-order chi connectivity index (χ1) is 13.1. The molecule has 0 aromatic heterocycles. The molecule has 2 heterocycles. The maximum absolute atomic E-state index is 12.6. The Balaban J connectivity index is 1.45. The molecular weight excluding hydrogens is 338 g/mol. The zero-order chi connectivity index (χ0) is 19.2. The lowest BCUT2D eigenvalue weighted by atomic mass is 10.0. The lowest BCUT2D eigenvalue weighted by molar-refractivity contribution is -0.134. The monoisotopic (exact) mass is 377 g/mol. The standard InChI is InChI=1S/C21H39N5O/c1-16(2)19(25-11-6-7-12-25)14-23-21(22-3)24-18-10-13-26(15-18)20(27)17-8-4-5-9-17/h16-19H,4-15H2,1-3H3,(H2,22,23,24). The van der Waals surface area contributed by atoms with Crippen LogP contribution in [-0.4, -0.2) is 73.5 Å². The first-order valence-electron chi connectivity index (χ1n) is 11.1. The summed E-state index contributed by atoms with van der Waals surface area (Å²) in [5.74, 6) is 2.17. The van der Waals surface area contributed by atoms with E-state index in [0.29, 0.717) is 23.9 Å². The molecule has 1 saturated carbocycles. The van der Waals surface area contributed by atoms with Crippen LogP contribution in [-0.2, 0) is 4.79 Å². The van der Waals surface area contributed by atoms with Crippen molar-refractivity contribution < 1.29 is 4.79 Å². The molecule has 3 rings (SSSR count). The van der Waals surface area contributed by atoms with Crippen molar-refractivity contribution in [1.29, 1.82) is 0 Å². The highest BCUT2D eigenvalue weighted by molar-refractivity contribution is 5.81. The summed E-state index contributed by atoms with van der Waals surface area (Å²) in [7, 11) is 1.84. The van der Waals surface area contributed by atoms with Crippen LogP contribution in [0.5, 0.6) is 0 Å². The van der Waals surface area contributed by atoms with Gasteiger partial charge in [-0.2, -0.15) is 0 Å². The highest BCUT2D eigenvalue weighted by Gasteiger charge is 2.32. The van der Waals surface area contributed by atoms with E-state index in [-0.39, 0.29) is 5.92 Å². The molecular formula is C21H39N5O. The second-order valence-electron chi connectivity index (χ2n) is 8.90. The minimum absolute atomic E-state index is 0.286. The van der Waals surface area contributed by atoms with Crippen LogP contribution < -0.4 is 10.6 Å².